The second-order valence-electron chi connectivity index (χ2n) is 3.83. The third-order valence-corrected chi connectivity index (χ3v) is 4.01. The number of halogens is 5. The molecule has 2 aromatic carbocycles. The minimum Gasteiger partial charge on any atom is -0.319 e. The number of nitrogens with one attached hydrogen (secondary N) is 1. The van der Waals surface area contributed by atoms with Crippen molar-refractivity contribution >= 4 is 45.8 Å². The Bertz CT molecular complexity index is 694. The number of benzene rings is 2. The molecule has 0 saturated carbocycles. The quantitative estimate of drug-likeness (QED) is 0.567. The molecule has 2 rings (SSSR count). The van der Waals surface area contributed by atoms with Gasteiger partial charge in [-0.15, -0.1) is 0 Å². The summed E-state index contributed by atoms with van der Waals surface area (Å²) in [6.45, 7) is 0. The van der Waals surface area contributed by atoms with Gasteiger partial charge in [-0.2, -0.15) is 0 Å². The van der Waals surface area contributed by atoms with Gasteiger partial charge in [-0.1, -0.05) is 11.6 Å². The Hall–Kier alpha value is -1.28. The van der Waals surface area contributed by atoms with Crippen LogP contribution in [-0.4, -0.2) is 5.91 Å². The highest BCUT2D eigenvalue weighted by molar-refractivity contribution is 14.1. The summed E-state index contributed by atoms with van der Waals surface area (Å²) in [7, 11) is 0. The number of hydrogen-bond acceptors (Lipinski definition) is 1. The molecule has 0 bridgehead atoms. The molecule has 0 heterocycles. The second kappa shape index (κ2) is 6.01. The topological polar surface area (TPSA) is 29.1 Å². The van der Waals surface area contributed by atoms with Crippen LogP contribution in [0.25, 0.3) is 0 Å². The number of carbonyl (C=O) groups excluding carboxylic acids is 1. The van der Waals surface area contributed by atoms with Crippen molar-refractivity contribution in [2.24, 2.45) is 0 Å². The van der Waals surface area contributed by atoms with E-state index in [2.05, 4.69) is 5.32 Å². The summed E-state index contributed by atoms with van der Waals surface area (Å²) in [5, 5.41) is 2.52. The van der Waals surface area contributed by atoms with Crippen LogP contribution in [0.5, 0.6) is 0 Å². The van der Waals surface area contributed by atoms with E-state index in [9.17, 15) is 18.0 Å². The minimum absolute atomic E-state index is 0.180. The fraction of sp³-hybridized carbons (Fsp3) is 0. The lowest BCUT2D eigenvalue weighted by molar-refractivity contribution is 0.102. The first-order chi connectivity index (χ1) is 9.38. The molecule has 0 aliphatic heterocycles. The van der Waals surface area contributed by atoms with E-state index in [0.29, 0.717) is 17.2 Å². The van der Waals surface area contributed by atoms with Gasteiger partial charge in [-0.3, -0.25) is 4.79 Å². The summed E-state index contributed by atoms with van der Waals surface area (Å²) in [6, 6.07) is 5.44. The Kier molecular flexibility index (Phi) is 4.54. The van der Waals surface area contributed by atoms with Crippen molar-refractivity contribution in [3.05, 3.63) is 61.9 Å². The molecule has 0 spiro atoms. The lowest BCUT2D eigenvalue weighted by Gasteiger charge is -2.08. The average molecular weight is 412 g/mol. The molecule has 104 valence electrons. The number of hydrogen-bond donors (Lipinski definition) is 1. The third kappa shape index (κ3) is 3.24. The van der Waals surface area contributed by atoms with E-state index in [-0.39, 0.29) is 5.56 Å². The van der Waals surface area contributed by atoms with E-state index in [1.54, 1.807) is 6.07 Å². The van der Waals surface area contributed by atoms with Gasteiger partial charge < -0.3 is 5.32 Å². The SMILES string of the molecule is O=C(Nc1cc(F)c(F)cc1F)c1ccc(I)c(Cl)c1. The van der Waals surface area contributed by atoms with Gasteiger partial charge >= 0.3 is 0 Å². The molecule has 2 nitrogen and oxygen atoms in total. The molecule has 0 aliphatic rings. The number of anilines is 1. The maximum Gasteiger partial charge on any atom is 0.255 e. The van der Waals surface area contributed by atoms with E-state index in [4.69, 9.17) is 11.6 Å². The van der Waals surface area contributed by atoms with Gasteiger partial charge in [-0.05, 0) is 40.8 Å². The van der Waals surface area contributed by atoms with Crippen LogP contribution in [0.1, 0.15) is 10.4 Å². The molecule has 0 aromatic heterocycles. The minimum atomic E-state index is -1.32. The van der Waals surface area contributed by atoms with Crippen LogP contribution in [0.4, 0.5) is 18.9 Å². The Balaban J connectivity index is 2.27. The standard InChI is InChI=1S/C13H6ClF3INO/c14-7-3-6(1-2-11(7)18)13(20)19-12-5-9(16)8(15)4-10(12)17/h1-5H,(H,19,20). The molecule has 2 aromatic rings. The Morgan fingerprint density at radius 1 is 1.05 bits per heavy atom. The highest BCUT2D eigenvalue weighted by Crippen LogP contribution is 2.22. The number of rotatable bonds is 2. The van der Waals surface area contributed by atoms with Crippen LogP contribution in [0.15, 0.2) is 30.3 Å². The molecule has 7 heteroatoms. The zero-order chi connectivity index (χ0) is 14.9. The average Bonchev–Trinajstić information content (AvgIpc) is 2.39. The summed E-state index contributed by atoms with van der Waals surface area (Å²) in [5.41, 5.74) is -0.261. The molecule has 0 saturated heterocycles. The zero-order valence-corrected chi connectivity index (χ0v) is 12.6. The number of amides is 1. The van der Waals surface area contributed by atoms with Crippen molar-refractivity contribution in [1.29, 1.82) is 0 Å². The van der Waals surface area contributed by atoms with Crippen LogP contribution in [0.3, 0.4) is 0 Å². The fourth-order valence-corrected chi connectivity index (χ4v) is 1.97. The van der Waals surface area contributed by atoms with Gasteiger partial charge in [0.2, 0.25) is 0 Å². The highest BCUT2D eigenvalue weighted by atomic mass is 127. The Morgan fingerprint density at radius 2 is 1.70 bits per heavy atom. The first-order valence-corrected chi connectivity index (χ1v) is 6.75. The van der Waals surface area contributed by atoms with Crippen molar-refractivity contribution in [3.63, 3.8) is 0 Å². The molecular formula is C13H6ClF3INO. The van der Waals surface area contributed by atoms with Gasteiger partial charge in [0.15, 0.2) is 11.6 Å². The highest BCUT2D eigenvalue weighted by Gasteiger charge is 2.14. The van der Waals surface area contributed by atoms with Gasteiger partial charge in [0.25, 0.3) is 5.91 Å². The zero-order valence-electron chi connectivity index (χ0n) is 9.68. The lowest BCUT2D eigenvalue weighted by Crippen LogP contribution is -2.13. The summed E-state index contributed by atoms with van der Waals surface area (Å²) >= 11 is 7.85. The summed E-state index contributed by atoms with van der Waals surface area (Å²) in [5.74, 6) is -4.30. The van der Waals surface area contributed by atoms with Crippen molar-refractivity contribution in [3.8, 4) is 0 Å². The summed E-state index contributed by atoms with van der Waals surface area (Å²) in [4.78, 5) is 11.9. The van der Waals surface area contributed by atoms with Gasteiger partial charge in [0, 0.05) is 21.3 Å². The van der Waals surface area contributed by atoms with Crippen LogP contribution in [0.2, 0.25) is 5.02 Å². The summed E-state index contributed by atoms with van der Waals surface area (Å²) < 4.78 is 39.9. The largest absolute Gasteiger partial charge is 0.319 e. The van der Waals surface area contributed by atoms with Crippen LogP contribution < -0.4 is 5.32 Å². The monoisotopic (exact) mass is 411 g/mol. The first-order valence-electron chi connectivity index (χ1n) is 5.29. The van der Waals surface area contributed by atoms with E-state index in [1.807, 2.05) is 22.6 Å². The van der Waals surface area contributed by atoms with E-state index >= 15 is 0 Å². The molecule has 0 fully saturated rings. The van der Waals surface area contributed by atoms with E-state index < -0.39 is 29.0 Å². The summed E-state index contributed by atoms with van der Waals surface area (Å²) in [6.07, 6.45) is 0. The molecule has 0 aliphatic carbocycles. The lowest BCUT2D eigenvalue weighted by atomic mass is 10.2. The maximum absolute atomic E-state index is 13.4. The molecule has 0 unspecified atom stereocenters. The maximum atomic E-state index is 13.4. The molecule has 1 amide bonds. The molecule has 0 radical (unpaired) electrons. The van der Waals surface area contributed by atoms with Crippen molar-refractivity contribution in [2.45, 2.75) is 0 Å². The Labute approximate surface area is 131 Å². The first kappa shape index (κ1) is 15.1. The molecule has 0 atom stereocenters. The van der Waals surface area contributed by atoms with Gasteiger partial charge in [-0.25, -0.2) is 13.2 Å². The fourth-order valence-electron chi connectivity index (χ4n) is 1.45. The van der Waals surface area contributed by atoms with Crippen LogP contribution in [-0.2, 0) is 0 Å². The third-order valence-electron chi connectivity index (χ3n) is 2.44. The molecule has 1 N–H and O–H groups in total. The van der Waals surface area contributed by atoms with Gasteiger partial charge in [0.1, 0.15) is 5.82 Å². The normalized spacial score (nSPS) is 10.4. The van der Waals surface area contributed by atoms with Crippen molar-refractivity contribution < 1.29 is 18.0 Å². The predicted molar refractivity (Wildman–Crippen MR) is 78.4 cm³/mol. The van der Waals surface area contributed by atoms with Crippen molar-refractivity contribution in [2.75, 3.05) is 5.32 Å². The second-order valence-corrected chi connectivity index (χ2v) is 5.40. The predicted octanol–water partition coefficient (Wildman–Crippen LogP) is 4.61. The number of carbonyl (C=O) groups is 1. The van der Waals surface area contributed by atoms with E-state index in [1.165, 1.54) is 12.1 Å². The van der Waals surface area contributed by atoms with E-state index in [0.717, 1.165) is 3.57 Å². The van der Waals surface area contributed by atoms with Gasteiger partial charge in [0.05, 0.1) is 10.7 Å². The van der Waals surface area contributed by atoms with Crippen LogP contribution >= 0.6 is 34.2 Å². The van der Waals surface area contributed by atoms with Crippen molar-refractivity contribution in [1.82, 2.24) is 0 Å². The molecular weight excluding hydrogens is 406 g/mol. The Morgan fingerprint density at radius 3 is 2.35 bits per heavy atom. The molecule has 20 heavy (non-hydrogen) atoms. The van der Waals surface area contributed by atoms with Crippen LogP contribution in [0, 0.1) is 21.0 Å². The smallest absolute Gasteiger partial charge is 0.255 e.